The van der Waals surface area contributed by atoms with Crippen molar-refractivity contribution in [3.05, 3.63) is 17.7 Å². The van der Waals surface area contributed by atoms with Crippen LogP contribution in [0.3, 0.4) is 0 Å². The van der Waals surface area contributed by atoms with E-state index in [0.717, 1.165) is 0 Å². The van der Waals surface area contributed by atoms with E-state index in [0.29, 0.717) is 13.0 Å². The molecule has 0 aliphatic rings. The SMILES string of the molecule is CCCOC(=O)[C@@H](N)Cc1ccc(O)c(O)c1O. The van der Waals surface area contributed by atoms with Crippen LogP contribution >= 0.6 is 0 Å². The molecule has 5 N–H and O–H groups in total. The maximum atomic E-state index is 11.4. The lowest BCUT2D eigenvalue weighted by atomic mass is 10.0. The minimum absolute atomic E-state index is 0.0161. The first-order valence-electron chi connectivity index (χ1n) is 5.62. The summed E-state index contributed by atoms with van der Waals surface area (Å²) in [5.74, 6) is -2.10. The zero-order chi connectivity index (χ0) is 13.7. The maximum absolute atomic E-state index is 11.4. The number of phenols is 3. The highest BCUT2D eigenvalue weighted by atomic mass is 16.5. The van der Waals surface area contributed by atoms with Crippen molar-refractivity contribution in [2.75, 3.05) is 6.61 Å². The van der Waals surface area contributed by atoms with E-state index in [9.17, 15) is 15.0 Å². The van der Waals surface area contributed by atoms with Crippen LogP contribution in [0.15, 0.2) is 12.1 Å². The van der Waals surface area contributed by atoms with E-state index in [4.69, 9.17) is 15.6 Å². The van der Waals surface area contributed by atoms with Gasteiger partial charge in [-0.15, -0.1) is 0 Å². The van der Waals surface area contributed by atoms with Crippen molar-refractivity contribution in [2.45, 2.75) is 25.8 Å². The van der Waals surface area contributed by atoms with Crippen LogP contribution in [0.25, 0.3) is 0 Å². The summed E-state index contributed by atoms with van der Waals surface area (Å²) in [6.45, 7) is 2.15. The van der Waals surface area contributed by atoms with Gasteiger partial charge in [0.15, 0.2) is 11.5 Å². The molecule has 18 heavy (non-hydrogen) atoms. The second-order valence-corrected chi connectivity index (χ2v) is 3.92. The molecule has 1 atom stereocenters. The van der Waals surface area contributed by atoms with Gasteiger partial charge in [0.25, 0.3) is 0 Å². The summed E-state index contributed by atoms with van der Waals surface area (Å²) in [4.78, 5) is 11.4. The van der Waals surface area contributed by atoms with Gasteiger partial charge in [0.05, 0.1) is 6.61 Å². The van der Waals surface area contributed by atoms with Crippen LogP contribution in [0.5, 0.6) is 17.2 Å². The van der Waals surface area contributed by atoms with Crippen molar-refractivity contribution in [1.29, 1.82) is 0 Å². The normalized spacial score (nSPS) is 12.1. The summed E-state index contributed by atoms with van der Waals surface area (Å²) >= 11 is 0. The molecule has 0 heterocycles. The number of phenolic OH excluding ortho intramolecular Hbond substituents is 3. The topological polar surface area (TPSA) is 113 Å². The van der Waals surface area contributed by atoms with Gasteiger partial charge in [0.1, 0.15) is 6.04 Å². The zero-order valence-electron chi connectivity index (χ0n) is 10.1. The Morgan fingerprint density at radius 2 is 2.00 bits per heavy atom. The molecule has 1 rings (SSSR count). The molecule has 0 saturated carbocycles. The van der Waals surface area contributed by atoms with E-state index in [1.165, 1.54) is 12.1 Å². The third-order valence-corrected chi connectivity index (χ3v) is 2.40. The van der Waals surface area contributed by atoms with Crippen LogP contribution < -0.4 is 5.73 Å². The Kier molecular flexibility index (Phi) is 4.79. The third-order valence-electron chi connectivity index (χ3n) is 2.40. The molecule has 0 spiro atoms. The summed E-state index contributed by atoms with van der Waals surface area (Å²) in [7, 11) is 0. The fourth-order valence-electron chi connectivity index (χ4n) is 1.41. The van der Waals surface area contributed by atoms with E-state index < -0.39 is 29.3 Å². The number of nitrogens with two attached hydrogens (primary N) is 1. The van der Waals surface area contributed by atoms with E-state index in [1.54, 1.807) is 0 Å². The Hall–Kier alpha value is -1.95. The molecular formula is C12H17NO5. The number of hydrogen-bond donors (Lipinski definition) is 4. The standard InChI is InChI=1S/C12H17NO5/c1-2-5-18-12(17)8(13)6-7-3-4-9(14)11(16)10(7)15/h3-4,8,14-16H,2,5-6,13H2,1H3/t8-/m0/s1. The first-order valence-corrected chi connectivity index (χ1v) is 5.62. The highest BCUT2D eigenvalue weighted by Crippen LogP contribution is 2.37. The molecule has 6 heteroatoms. The van der Waals surface area contributed by atoms with Crippen molar-refractivity contribution in [1.82, 2.24) is 0 Å². The quantitative estimate of drug-likeness (QED) is 0.453. The van der Waals surface area contributed by atoms with Gasteiger partial charge in [-0.2, -0.15) is 0 Å². The van der Waals surface area contributed by atoms with E-state index in [-0.39, 0.29) is 12.0 Å². The van der Waals surface area contributed by atoms with Crippen LogP contribution in [0.1, 0.15) is 18.9 Å². The average Bonchev–Trinajstić information content (AvgIpc) is 2.36. The van der Waals surface area contributed by atoms with Gasteiger partial charge in [-0.3, -0.25) is 4.79 Å². The van der Waals surface area contributed by atoms with Gasteiger partial charge in [0, 0.05) is 12.0 Å². The summed E-state index contributed by atoms with van der Waals surface area (Å²) in [6, 6.07) is 1.68. The first kappa shape index (κ1) is 14.1. The van der Waals surface area contributed by atoms with Crippen LogP contribution in [0.4, 0.5) is 0 Å². The lowest BCUT2D eigenvalue weighted by Crippen LogP contribution is -2.34. The van der Waals surface area contributed by atoms with Crippen molar-refractivity contribution >= 4 is 5.97 Å². The van der Waals surface area contributed by atoms with Crippen LogP contribution in [-0.2, 0) is 16.0 Å². The third kappa shape index (κ3) is 3.27. The minimum atomic E-state index is -0.925. The Balaban J connectivity index is 2.73. The monoisotopic (exact) mass is 255 g/mol. The first-order chi connectivity index (χ1) is 8.47. The largest absolute Gasteiger partial charge is 0.504 e. The minimum Gasteiger partial charge on any atom is -0.504 e. The van der Waals surface area contributed by atoms with Crippen LogP contribution in [0.2, 0.25) is 0 Å². The summed E-state index contributed by atoms with van der Waals surface area (Å²) < 4.78 is 4.86. The highest BCUT2D eigenvalue weighted by Gasteiger charge is 2.19. The molecular weight excluding hydrogens is 238 g/mol. The van der Waals surface area contributed by atoms with Crippen LogP contribution in [-0.4, -0.2) is 33.9 Å². The summed E-state index contributed by atoms with van der Waals surface area (Å²) in [6.07, 6.45) is 0.714. The van der Waals surface area contributed by atoms with Gasteiger partial charge in [-0.1, -0.05) is 13.0 Å². The van der Waals surface area contributed by atoms with Gasteiger partial charge in [-0.25, -0.2) is 0 Å². The lowest BCUT2D eigenvalue weighted by molar-refractivity contribution is -0.145. The number of hydrogen-bond acceptors (Lipinski definition) is 6. The molecule has 1 aromatic rings. The average molecular weight is 255 g/mol. The number of carbonyl (C=O) groups is 1. The van der Waals surface area contributed by atoms with Crippen molar-refractivity contribution in [2.24, 2.45) is 5.73 Å². The molecule has 1 aromatic carbocycles. The highest BCUT2D eigenvalue weighted by molar-refractivity contribution is 5.76. The fourth-order valence-corrected chi connectivity index (χ4v) is 1.41. The fraction of sp³-hybridized carbons (Fsp3) is 0.417. The zero-order valence-corrected chi connectivity index (χ0v) is 10.1. The molecule has 0 radical (unpaired) electrons. The second kappa shape index (κ2) is 6.11. The number of esters is 1. The smallest absolute Gasteiger partial charge is 0.323 e. The van der Waals surface area contributed by atoms with E-state index in [1.807, 2.05) is 6.92 Å². The Morgan fingerprint density at radius 3 is 2.61 bits per heavy atom. The maximum Gasteiger partial charge on any atom is 0.323 e. The van der Waals surface area contributed by atoms with E-state index in [2.05, 4.69) is 0 Å². The van der Waals surface area contributed by atoms with Gasteiger partial charge in [0.2, 0.25) is 5.75 Å². The summed E-state index contributed by atoms with van der Waals surface area (Å²) in [5, 5.41) is 28.0. The Bertz CT molecular complexity index is 433. The van der Waals surface area contributed by atoms with Gasteiger partial charge in [-0.05, 0) is 12.5 Å². The number of carbonyl (C=O) groups excluding carboxylic acids is 1. The second-order valence-electron chi connectivity index (χ2n) is 3.92. The Morgan fingerprint density at radius 1 is 1.33 bits per heavy atom. The Labute approximate surface area is 105 Å². The predicted molar refractivity (Wildman–Crippen MR) is 64.4 cm³/mol. The molecule has 100 valence electrons. The number of aromatic hydroxyl groups is 3. The molecule has 0 aromatic heterocycles. The molecule has 0 amide bonds. The van der Waals surface area contributed by atoms with Crippen molar-refractivity contribution < 1.29 is 24.9 Å². The number of rotatable bonds is 5. The molecule has 0 bridgehead atoms. The molecule has 0 saturated heterocycles. The molecule has 0 aliphatic heterocycles. The van der Waals surface area contributed by atoms with Crippen molar-refractivity contribution in [3.8, 4) is 17.2 Å². The predicted octanol–water partition coefficient (Wildman–Crippen LogP) is 0.626. The molecule has 0 fully saturated rings. The molecule has 0 aliphatic carbocycles. The van der Waals surface area contributed by atoms with Crippen molar-refractivity contribution in [3.63, 3.8) is 0 Å². The van der Waals surface area contributed by atoms with Gasteiger partial charge >= 0.3 is 5.97 Å². The molecule has 6 nitrogen and oxygen atoms in total. The van der Waals surface area contributed by atoms with Gasteiger partial charge < -0.3 is 25.8 Å². The number of benzene rings is 1. The molecule has 0 unspecified atom stereocenters. The lowest BCUT2D eigenvalue weighted by Gasteiger charge is -2.13. The summed E-state index contributed by atoms with van der Waals surface area (Å²) in [5.41, 5.74) is 5.89. The number of ether oxygens (including phenoxy) is 1. The van der Waals surface area contributed by atoms with E-state index >= 15 is 0 Å². The van der Waals surface area contributed by atoms with Crippen LogP contribution in [0, 0.1) is 0 Å².